The van der Waals surface area contributed by atoms with Crippen molar-refractivity contribution in [2.75, 3.05) is 33.2 Å². The first-order chi connectivity index (χ1) is 12.5. The predicted molar refractivity (Wildman–Crippen MR) is 121 cm³/mol. The molecule has 1 aromatic rings. The van der Waals surface area contributed by atoms with Crippen molar-refractivity contribution >= 4 is 29.9 Å². The van der Waals surface area contributed by atoms with Crippen molar-refractivity contribution in [2.24, 2.45) is 16.8 Å². The minimum Gasteiger partial charge on any atom is -0.356 e. The molecule has 0 saturated carbocycles. The number of aryl methyl sites for hydroxylation is 2. The first kappa shape index (κ1) is 22.4. The van der Waals surface area contributed by atoms with Gasteiger partial charge in [0.25, 0.3) is 0 Å². The third kappa shape index (κ3) is 6.58. The zero-order valence-corrected chi connectivity index (χ0v) is 19.6. The number of aliphatic imine (C=N–C) groups is 1. The third-order valence-corrected chi connectivity index (χ3v) is 5.31. The molecule has 8 heteroatoms. The molecule has 0 aliphatic carbocycles. The quantitative estimate of drug-likeness (QED) is 0.377. The van der Waals surface area contributed by atoms with E-state index in [-0.39, 0.29) is 24.0 Å². The van der Waals surface area contributed by atoms with Gasteiger partial charge >= 0.3 is 0 Å². The van der Waals surface area contributed by atoms with E-state index >= 15 is 0 Å². The maximum atomic E-state index is 4.49. The molecular weight excluding hydrogens is 453 g/mol. The Bertz CT molecular complexity index is 613. The van der Waals surface area contributed by atoms with Gasteiger partial charge in [0.05, 0.1) is 6.54 Å². The molecule has 2 aliphatic rings. The molecule has 7 nitrogen and oxygen atoms in total. The maximum Gasteiger partial charge on any atom is 0.191 e. The van der Waals surface area contributed by atoms with Crippen molar-refractivity contribution in [1.82, 2.24) is 30.3 Å². The van der Waals surface area contributed by atoms with Crippen molar-refractivity contribution in [3.05, 3.63) is 11.6 Å². The second-order valence-corrected chi connectivity index (χ2v) is 8.25. The van der Waals surface area contributed by atoms with Crippen LogP contribution in [0.3, 0.4) is 0 Å². The minimum absolute atomic E-state index is 0. The molecule has 0 bridgehead atoms. The molecule has 1 fully saturated rings. The smallest absolute Gasteiger partial charge is 0.191 e. The van der Waals surface area contributed by atoms with Crippen LogP contribution in [-0.4, -0.2) is 64.9 Å². The van der Waals surface area contributed by atoms with Crippen LogP contribution in [0, 0.1) is 18.8 Å². The minimum atomic E-state index is 0. The summed E-state index contributed by atoms with van der Waals surface area (Å²) in [6, 6.07) is 0.360. The highest BCUT2D eigenvalue weighted by molar-refractivity contribution is 14.0. The number of fused-ring (bicyclic) bond motifs is 1. The Morgan fingerprint density at radius 3 is 2.85 bits per heavy atom. The standard InChI is InChI=1S/C19H35N7.HI/c1-14(2)11-25-9-5-6-16(12-25)10-21-19(20-4)23-17-7-8-18-22-15(3)24-26(18)13-17;/h14,16-17H,5-13H2,1-4H3,(H2,20,21,23);1H. The number of rotatable bonds is 5. The Balaban J connectivity index is 0.00000261. The fourth-order valence-corrected chi connectivity index (χ4v) is 4.18. The molecule has 3 heterocycles. The summed E-state index contributed by atoms with van der Waals surface area (Å²) in [4.78, 5) is 11.5. The molecule has 3 rings (SSSR count). The van der Waals surface area contributed by atoms with E-state index in [1.807, 2.05) is 18.7 Å². The topological polar surface area (TPSA) is 70.4 Å². The first-order valence-electron chi connectivity index (χ1n) is 10.1. The van der Waals surface area contributed by atoms with Crippen LogP contribution in [0.2, 0.25) is 0 Å². The summed E-state index contributed by atoms with van der Waals surface area (Å²) < 4.78 is 2.04. The van der Waals surface area contributed by atoms with E-state index in [0.717, 1.165) is 49.5 Å². The van der Waals surface area contributed by atoms with Crippen LogP contribution in [0.1, 0.15) is 44.8 Å². The molecule has 1 saturated heterocycles. The lowest BCUT2D eigenvalue weighted by molar-refractivity contribution is 0.159. The lowest BCUT2D eigenvalue weighted by Gasteiger charge is -2.34. The summed E-state index contributed by atoms with van der Waals surface area (Å²) in [5.74, 6) is 4.34. The second-order valence-electron chi connectivity index (χ2n) is 8.25. The number of hydrogen-bond acceptors (Lipinski definition) is 4. The summed E-state index contributed by atoms with van der Waals surface area (Å²) in [7, 11) is 1.86. The van der Waals surface area contributed by atoms with Gasteiger partial charge in [-0.2, -0.15) is 5.10 Å². The van der Waals surface area contributed by atoms with Crippen molar-refractivity contribution in [3.8, 4) is 0 Å². The molecule has 0 radical (unpaired) electrons. The second kappa shape index (κ2) is 10.6. The number of guanidine groups is 1. The molecule has 2 aliphatic heterocycles. The van der Waals surface area contributed by atoms with Crippen LogP contribution < -0.4 is 10.6 Å². The number of nitrogens with zero attached hydrogens (tertiary/aromatic N) is 5. The van der Waals surface area contributed by atoms with E-state index < -0.39 is 0 Å². The molecule has 0 aromatic carbocycles. The normalized spacial score (nSPS) is 23.7. The monoisotopic (exact) mass is 489 g/mol. The molecular formula is C19H36IN7. The largest absolute Gasteiger partial charge is 0.356 e. The van der Waals surface area contributed by atoms with Gasteiger partial charge in [-0.3, -0.25) is 4.99 Å². The van der Waals surface area contributed by atoms with Crippen LogP contribution in [-0.2, 0) is 13.0 Å². The summed E-state index contributed by atoms with van der Waals surface area (Å²) in [6.45, 7) is 12.1. The summed E-state index contributed by atoms with van der Waals surface area (Å²) in [5, 5.41) is 11.6. The fraction of sp³-hybridized carbons (Fsp3) is 0.842. The Kier molecular flexibility index (Phi) is 8.78. The molecule has 2 N–H and O–H groups in total. The van der Waals surface area contributed by atoms with Crippen molar-refractivity contribution in [1.29, 1.82) is 0 Å². The molecule has 27 heavy (non-hydrogen) atoms. The van der Waals surface area contributed by atoms with E-state index in [0.29, 0.717) is 12.0 Å². The van der Waals surface area contributed by atoms with Crippen LogP contribution in [0.15, 0.2) is 4.99 Å². The van der Waals surface area contributed by atoms with Gasteiger partial charge in [0, 0.05) is 39.1 Å². The maximum absolute atomic E-state index is 4.49. The number of piperidine rings is 1. The zero-order valence-electron chi connectivity index (χ0n) is 17.2. The molecule has 154 valence electrons. The number of nitrogens with one attached hydrogen (secondary N) is 2. The van der Waals surface area contributed by atoms with E-state index in [1.165, 1.54) is 32.5 Å². The van der Waals surface area contributed by atoms with Crippen LogP contribution in [0.4, 0.5) is 0 Å². The highest BCUT2D eigenvalue weighted by Gasteiger charge is 2.23. The Labute approximate surface area is 180 Å². The Morgan fingerprint density at radius 2 is 2.11 bits per heavy atom. The fourth-order valence-electron chi connectivity index (χ4n) is 4.18. The molecule has 1 aromatic heterocycles. The lowest BCUT2D eigenvalue weighted by atomic mass is 9.97. The average Bonchev–Trinajstić information content (AvgIpc) is 2.97. The predicted octanol–water partition coefficient (Wildman–Crippen LogP) is 2.05. The number of likely N-dealkylation sites (tertiary alicyclic amines) is 1. The lowest BCUT2D eigenvalue weighted by Crippen LogP contribution is -2.49. The van der Waals surface area contributed by atoms with Gasteiger partial charge in [-0.1, -0.05) is 13.8 Å². The van der Waals surface area contributed by atoms with Gasteiger partial charge in [0.1, 0.15) is 11.6 Å². The molecule has 0 amide bonds. The van der Waals surface area contributed by atoms with Crippen LogP contribution in [0.5, 0.6) is 0 Å². The average molecular weight is 489 g/mol. The Morgan fingerprint density at radius 1 is 1.30 bits per heavy atom. The van der Waals surface area contributed by atoms with Gasteiger partial charge < -0.3 is 15.5 Å². The summed E-state index contributed by atoms with van der Waals surface area (Å²) in [5.41, 5.74) is 0. The molecule has 2 unspecified atom stereocenters. The van der Waals surface area contributed by atoms with E-state index in [4.69, 9.17) is 0 Å². The van der Waals surface area contributed by atoms with Gasteiger partial charge in [-0.05, 0) is 44.6 Å². The van der Waals surface area contributed by atoms with Gasteiger partial charge in [-0.15, -0.1) is 24.0 Å². The zero-order chi connectivity index (χ0) is 18.5. The van der Waals surface area contributed by atoms with Gasteiger partial charge in [0.2, 0.25) is 0 Å². The van der Waals surface area contributed by atoms with Gasteiger partial charge in [-0.25, -0.2) is 9.67 Å². The highest BCUT2D eigenvalue weighted by atomic mass is 127. The number of hydrogen-bond donors (Lipinski definition) is 2. The SMILES string of the molecule is CN=C(NCC1CCCN(CC(C)C)C1)NC1CCc2nc(C)nn2C1.I. The van der Waals surface area contributed by atoms with Crippen molar-refractivity contribution < 1.29 is 0 Å². The van der Waals surface area contributed by atoms with E-state index in [2.05, 4.69) is 44.5 Å². The molecule has 0 spiro atoms. The highest BCUT2D eigenvalue weighted by Crippen LogP contribution is 2.17. The van der Waals surface area contributed by atoms with Crippen LogP contribution in [0.25, 0.3) is 0 Å². The van der Waals surface area contributed by atoms with Crippen molar-refractivity contribution in [3.63, 3.8) is 0 Å². The summed E-state index contributed by atoms with van der Waals surface area (Å²) in [6.07, 6.45) is 4.67. The van der Waals surface area contributed by atoms with E-state index in [9.17, 15) is 0 Å². The summed E-state index contributed by atoms with van der Waals surface area (Å²) >= 11 is 0. The van der Waals surface area contributed by atoms with Crippen LogP contribution >= 0.6 is 24.0 Å². The van der Waals surface area contributed by atoms with Crippen molar-refractivity contribution in [2.45, 2.75) is 59.0 Å². The molecule has 2 atom stereocenters. The number of halogens is 1. The third-order valence-electron chi connectivity index (χ3n) is 5.31. The first-order valence-corrected chi connectivity index (χ1v) is 10.1. The number of aromatic nitrogens is 3. The van der Waals surface area contributed by atoms with Gasteiger partial charge in [0.15, 0.2) is 5.96 Å². The van der Waals surface area contributed by atoms with E-state index in [1.54, 1.807) is 0 Å². The Hall–Kier alpha value is -0.900.